The van der Waals surface area contributed by atoms with Crippen LogP contribution in [0.25, 0.3) is 0 Å². The van der Waals surface area contributed by atoms with Gasteiger partial charge in [-0.25, -0.2) is 0 Å². The number of hydrogen-bond acceptors (Lipinski definition) is 3. The summed E-state index contributed by atoms with van der Waals surface area (Å²) in [5.41, 5.74) is 2.59. The third-order valence-corrected chi connectivity index (χ3v) is 3.55. The second kappa shape index (κ2) is 4.83. The van der Waals surface area contributed by atoms with Crippen molar-refractivity contribution in [2.75, 3.05) is 19.0 Å². The predicted octanol–water partition coefficient (Wildman–Crippen LogP) is 2.04. The molecule has 0 radical (unpaired) electrons. The van der Waals surface area contributed by atoms with E-state index >= 15 is 0 Å². The van der Waals surface area contributed by atoms with Gasteiger partial charge in [0.15, 0.2) is 0 Å². The van der Waals surface area contributed by atoms with E-state index in [0.717, 1.165) is 12.5 Å². The number of pyridine rings is 1. The number of anilines is 1. The lowest BCUT2D eigenvalue weighted by atomic mass is 10.1. The van der Waals surface area contributed by atoms with E-state index in [-0.39, 0.29) is 0 Å². The Morgan fingerprint density at radius 1 is 1.56 bits per heavy atom. The molecule has 0 aliphatic heterocycles. The zero-order valence-corrected chi connectivity index (χ0v) is 10.4. The lowest BCUT2D eigenvalue weighted by molar-refractivity contribution is 0.605. The zero-order chi connectivity index (χ0) is 11.5. The highest BCUT2D eigenvalue weighted by Gasteiger charge is 2.31. The fourth-order valence-corrected chi connectivity index (χ4v) is 2.19. The average Bonchev–Trinajstić information content (AvgIpc) is 3.12. The van der Waals surface area contributed by atoms with Crippen LogP contribution >= 0.6 is 0 Å². The molecule has 1 atom stereocenters. The van der Waals surface area contributed by atoms with Crippen LogP contribution in [0.1, 0.15) is 25.3 Å². The molecule has 1 unspecified atom stereocenters. The van der Waals surface area contributed by atoms with Gasteiger partial charge in [-0.15, -0.1) is 0 Å². The molecule has 16 heavy (non-hydrogen) atoms. The Labute approximate surface area is 97.9 Å². The van der Waals surface area contributed by atoms with Gasteiger partial charge in [-0.05, 0) is 44.4 Å². The molecule has 2 rings (SSSR count). The summed E-state index contributed by atoms with van der Waals surface area (Å²) in [5.74, 6) is 0.882. The largest absolute Gasteiger partial charge is 0.370 e. The summed E-state index contributed by atoms with van der Waals surface area (Å²) in [6.45, 7) is 3.22. The van der Waals surface area contributed by atoms with Crippen molar-refractivity contribution in [2.24, 2.45) is 5.92 Å². The van der Waals surface area contributed by atoms with E-state index in [1.54, 1.807) is 0 Å². The summed E-state index contributed by atoms with van der Waals surface area (Å²) in [4.78, 5) is 6.61. The maximum Gasteiger partial charge on any atom is 0.0598 e. The van der Waals surface area contributed by atoms with Crippen LogP contribution in [0.2, 0.25) is 0 Å². The van der Waals surface area contributed by atoms with Gasteiger partial charge in [-0.2, -0.15) is 0 Å². The van der Waals surface area contributed by atoms with Crippen molar-refractivity contribution in [3.63, 3.8) is 0 Å². The summed E-state index contributed by atoms with van der Waals surface area (Å²) < 4.78 is 0. The number of rotatable bonds is 5. The van der Waals surface area contributed by atoms with E-state index in [1.165, 1.54) is 24.1 Å². The minimum Gasteiger partial charge on any atom is -0.370 e. The first-order valence-corrected chi connectivity index (χ1v) is 6.04. The van der Waals surface area contributed by atoms with Crippen molar-refractivity contribution in [1.82, 2.24) is 10.3 Å². The molecule has 1 heterocycles. The van der Waals surface area contributed by atoms with Crippen molar-refractivity contribution < 1.29 is 0 Å². The van der Waals surface area contributed by atoms with Crippen LogP contribution in [0.4, 0.5) is 5.69 Å². The second-order valence-electron chi connectivity index (χ2n) is 4.72. The van der Waals surface area contributed by atoms with Crippen molar-refractivity contribution in [3.05, 3.63) is 24.0 Å². The highest BCUT2D eigenvalue weighted by atomic mass is 15.1. The molecule has 1 N–H and O–H groups in total. The summed E-state index contributed by atoms with van der Waals surface area (Å²) in [6, 6.07) is 2.72. The van der Waals surface area contributed by atoms with Crippen LogP contribution in [-0.4, -0.2) is 25.1 Å². The van der Waals surface area contributed by atoms with Crippen LogP contribution < -0.4 is 10.2 Å². The van der Waals surface area contributed by atoms with Gasteiger partial charge >= 0.3 is 0 Å². The molecule has 88 valence electrons. The molecule has 1 aliphatic rings. The third-order valence-electron chi connectivity index (χ3n) is 3.55. The first kappa shape index (κ1) is 11.4. The van der Waals surface area contributed by atoms with Gasteiger partial charge in [0, 0.05) is 25.8 Å². The topological polar surface area (TPSA) is 28.2 Å². The molecule has 1 aromatic rings. The molecule has 1 aliphatic carbocycles. The van der Waals surface area contributed by atoms with Crippen molar-refractivity contribution in [2.45, 2.75) is 32.4 Å². The van der Waals surface area contributed by atoms with Gasteiger partial charge in [-0.1, -0.05) is 0 Å². The van der Waals surface area contributed by atoms with Gasteiger partial charge in [0.25, 0.3) is 0 Å². The Hall–Kier alpha value is -1.09. The molecule has 0 bridgehead atoms. The number of nitrogens with one attached hydrogen (secondary N) is 1. The second-order valence-corrected chi connectivity index (χ2v) is 4.72. The highest BCUT2D eigenvalue weighted by molar-refractivity contribution is 5.52. The molecular weight excluding hydrogens is 198 g/mol. The van der Waals surface area contributed by atoms with E-state index in [0.29, 0.717) is 6.04 Å². The number of nitrogens with zero attached hydrogens (tertiary/aromatic N) is 2. The zero-order valence-electron chi connectivity index (χ0n) is 10.4. The van der Waals surface area contributed by atoms with Crippen LogP contribution in [0, 0.1) is 5.92 Å². The van der Waals surface area contributed by atoms with E-state index < -0.39 is 0 Å². The number of hydrogen-bond donors (Lipinski definition) is 1. The van der Waals surface area contributed by atoms with Gasteiger partial charge in [-0.3, -0.25) is 4.98 Å². The minimum atomic E-state index is 0.625. The molecule has 0 aromatic carbocycles. The maximum absolute atomic E-state index is 4.24. The standard InChI is InChI=1S/C13H21N3/c1-10(11-4-5-11)16(3)13-9-15-7-6-12(13)8-14-2/h6-7,9-11,14H,4-5,8H2,1-3H3. The van der Waals surface area contributed by atoms with Crippen molar-refractivity contribution in [1.29, 1.82) is 0 Å². The minimum absolute atomic E-state index is 0.625. The average molecular weight is 219 g/mol. The van der Waals surface area contributed by atoms with Crippen LogP contribution in [0.15, 0.2) is 18.5 Å². The molecule has 1 saturated carbocycles. The molecule has 1 fully saturated rings. The lowest BCUT2D eigenvalue weighted by Crippen LogP contribution is -2.31. The van der Waals surface area contributed by atoms with Gasteiger partial charge in [0.05, 0.1) is 11.9 Å². The Bertz CT molecular complexity index is 347. The van der Waals surface area contributed by atoms with Gasteiger partial charge in [0.2, 0.25) is 0 Å². The number of aromatic nitrogens is 1. The highest BCUT2D eigenvalue weighted by Crippen LogP contribution is 2.36. The first-order chi connectivity index (χ1) is 7.74. The Morgan fingerprint density at radius 3 is 2.94 bits per heavy atom. The molecule has 0 amide bonds. The molecule has 3 heteroatoms. The third kappa shape index (κ3) is 2.35. The van der Waals surface area contributed by atoms with Crippen LogP contribution in [0.3, 0.4) is 0 Å². The molecule has 1 aromatic heterocycles. The maximum atomic E-state index is 4.24. The van der Waals surface area contributed by atoms with Crippen molar-refractivity contribution in [3.8, 4) is 0 Å². The normalized spacial score (nSPS) is 17.2. The lowest BCUT2D eigenvalue weighted by Gasteiger charge is -2.28. The van der Waals surface area contributed by atoms with E-state index in [1.807, 2.05) is 19.4 Å². The van der Waals surface area contributed by atoms with Gasteiger partial charge in [0.1, 0.15) is 0 Å². The summed E-state index contributed by atoms with van der Waals surface area (Å²) in [6.07, 6.45) is 6.61. The summed E-state index contributed by atoms with van der Waals surface area (Å²) >= 11 is 0. The van der Waals surface area contributed by atoms with Gasteiger partial charge < -0.3 is 10.2 Å². The fourth-order valence-electron chi connectivity index (χ4n) is 2.19. The smallest absolute Gasteiger partial charge is 0.0598 e. The quantitative estimate of drug-likeness (QED) is 0.821. The molecule has 0 spiro atoms. The monoisotopic (exact) mass is 219 g/mol. The van der Waals surface area contributed by atoms with E-state index in [9.17, 15) is 0 Å². The van der Waals surface area contributed by atoms with Crippen molar-refractivity contribution >= 4 is 5.69 Å². The van der Waals surface area contributed by atoms with E-state index in [4.69, 9.17) is 0 Å². The van der Waals surface area contributed by atoms with E-state index in [2.05, 4.69) is 35.2 Å². The molecule has 0 saturated heterocycles. The predicted molar refractivity (Wildman–Crippen MR) is 67.6 cm³/mol. The Morgan fingerprint density at radius 2 is 2.31 bits per heavy atom. The first-order valence-electron chi connectivity index (χ1n) is 6.04. The van der Waals surface area contributed by atoms with Crippen LogP contribution in [0.5, 0.6) is 0 Å². The Balaban J connectivity index is 2.17. The summed E-state index contributed by atoms with van der Waals surface area (Å²) in [7, 11) is 4.16. The fraction of sp³-hybridized carbons (Fsp3) is 0.615. The molecule has 3 nitrogen and oxygen atoms in total. The van der Waals surface area contributed by atoms with Crippen LogP contribution in [-0.2, 0) is 6.54 Å². The summed E-state index contributed by atoms with van der Waals surface area (Å²) in [5, 5.41) is 3.21. The Kier molecular flexibility index (Phi) is 3.44. The SMILES string of the molecule is CNCc1ccncc1N(C)C(C)C1CC1. The molecular formula is C13H21N3.